The lowest BCUT2D eigenvalue weighted by molar-refractivity contribution is 0.0953. The maximum absolute atomic E-state index is 12.6. The number of hydrazone groups is 1. The number of halogens is 1. The van der Waals surface area contributed by atoms with Gasteiger partial charge in [-0.15, -0.1) is 0 Å². The van der Waals surface area contributed by atoms with E-state index >= 15 is 0 Å². The molecule has 6 nitrogen and oxygen atoms in total. The zero-order chi connectivity index (χ0) is 19.2. The van der Waals surface area contributed by atoms with Gasteiger partial charge in [-0.05, 0) is 47.5 Å². The van der Waals surface area contributed by atoms with E-state index < -0.39 is 11.5 Å². The van der Waals surface area contributed by atoms with Crippen LogP contribution in [-0.4, -0.2) is 21.8 Å². The summed E-state index contributed by atoms with van der Waals surface area (Å²) in [6.07, 6.45) is 3.00. The van der Waals surface area contributed by atoms with E-state index in [9.17, 15) is 14.7 Å². The summed E-state index contributed by atoms with van der Waals surface area (Å²) in [6, 6.07) is 16.6. The molecule has 0 radical (unpaired) electrons. The Bertz CT molecular complexity index is 1040. The Kier molecular flexibility index (Phi) is 5.68. The van der Waals surface area contributed by atoms with Gasteiger partial charge < -0.3 is 9.67 Å². The fourth-order valence-corrected chi connectivity index (χ4v) is 2.58. The Morgan fingerprint density at radius 1 is 1.15 bits per heavy atom. The number of rotatable bonds is 5. The molecule has 1 aromatic heterocycles. The largest absolute Gasteiger partial charge is 0.508 e. The van der Waals surface area contributed by atoms with Crippen LogP contribution >= 0.6 is 11.6 Å². The van der Waals surface area contributed by atoms with E-state index in [1.165, 1.54) is 29.0 Å². The fraction of sp³-hybridized carbons (Fsp3) is 0.0500. The summed E-state index contributed by atoms with van der Waals surface area (Å²) >= 11 is 5.87. The Morgan fingerprint density at radius 2 is 1.93 bits per heavy atom. The smallest absolute Gasteiger partial charge is 0.276 e. The first-order chi connectivity index (χ1) is 13.0. The number of hydrogen-bond donors (Lipinski definition) is 2. The minimum atomic E-state index is -0.609. The number of pyridine rings is 1. The van der Waals surface area contributed by atoms with Crippen LogP contribution in [0.1, 0.15) is 21.5 Å². The van der Waals surface area contributed by atoms with Crippen molar-refractivity contribution in [1.29, 1.82) is 0 Å². The van der Waals surface area contributed by atoms with E-state index in [0.717, 1.165) is 5.56 Å². The lowest BCUT2D eigenvalue weighted by Gasteiger charge is -2.08. The van der Waals surface area contributed by atoms with Crippen molar-refractivity contribution < 1.29 is 9.90 Å². The molecule has 0 saturated carbocycles. The monoisotopic (exact) mass is 381 g/mol. The molecule has 0 aliphatic rings. The van der Waals surface area contributed by atoms with Crippen molar-refractivity contribution in [2.75, 3.05) is 0 Å². The maximum Gasteiger partial charge on any atom is 0.276 e. The highest BCUT2D eigenvalue weighted by molar-refractivity contribution is 6.30. The van der Waals surface area contributed by atoms with Crippen molar-refractivity contribution in [3.8, 4) is 5.75 Å². The van der Waals surface area contributed by atoms with Crippen molar-refractivity contribution in [3.63, 3.8) is 0 Å². The molecule has 0 fully saturated rings. The number of nitrogens with zero attached hydrogens (tertiary/aromatic N) is 2. The Balaban J connectivity index is 1.73. The van der Waals surface area contributed by atoms with E-state index in [2.05, 4.69) is 10.5 Å². The number of benzene rings is 2. The number of nitrogens with one attached hydrogen (secondary N) is 1. The number of amides is 1. The van der Waals surface area contributed by atoms with Crippen LogP contribution in [0.25, 0.3) is 0 Å². The number of hydrogen-bond acceptors (Lipinski definition) is 4. The van der Waals surface area contributed by atoms with Crippen molar-refractivity contribution >= 4 is 23.7 Å². The lowest BCUT2D eigenvalue weighted by Crippen LogP contribution is -2.30. The highest BCUT2D eigenvalue weighted by Gasteiger charge is 2.11. The Labute approximate surface area is 160 Å². The molecule has 2 N–H and O–H groups in total. The number of aromatic hydroxyl groups is 1. The predicted molar refractivity (Wildman–Crippen MR) is 104 cm³/mol. The zero-order valence-corrected chi connectivity index (χ0v) is 14.9. The van der Waals surface area contributed by atoms with Crippen LogP contribution in [0, 0.1) is 0 Å². The number of carbonyl (C=O) groups is 1. The minimum Gasteiger partial charge on any atom is -0.508 e. The zero-order valence-electron chi connectivity index (χ0n) is 14.2. The van der Waals surface area contributed by atoms with Crippen molar-refractivity contribution in [1.82, 2.24) is 9.99 Å². The Hall–Kier alpha value is -3.38. The van der Waals surface area contributed by atoms with E-state index in [0.29, 0.717) is 17.1 Å². The molecule has 0 saturated heterocycles. The molecule has 1 heterocycles. The first-order valence-corrected chi connectivity index (χ1v) is 8.47. The van der Waals surface area contributed by atoms with Gasteiger partial charge in [-0.2, -0.15) is 5.10 Å². The first kappa shape index (κ1) is 18.4. The van der Waals surface area contributed by atoms with Gasteiger partial charge in [-0.1, -0.05) is 35.9 Å². The van der Waals surface area contributed by atoms with Gasteiger partial charge in [0.05, 0.1) is 12.8 Å². The van der Waals surface area contributed by atoms with Crippen LogP contribution in [0.4, 0.5) is 0 Å². The van der Waals surface area contributed by atoms with Crippen molar-refractivity contribution in [3.05, 3.63) is 98.9 Å². The highest BCUT2D eigenvalue weighted by Crippen LogP contribution is 2.10. The minimum absolute atomic E-state index is 0.0143. The molecule has 3 rings (SSSR count). The average molecular weight is 382 g/mol. The van der Waals surface area contributed by atoms with Gasteiger partial charge in [0, 0.05) is 11.2 Å². The third kappa shape index (κ3) is 4.83. The molecule has 0 unspecified atom stereocenters. The van der Waals surface area contributed by atoms with Crippen LogP contribution in [0.3, 0.4) is 0 Å². The van der Waals surface area contributed by atoms with Crippen molar-refractivity contribution in [2.45, 2.75) is 6.54 Å². The molecular weight excluding hydrogens is 366 g/mol. The second-order valence-electron chi connectivity index (χ2n) is 5.78. The van der Waals surface area contributed by atoms with Gasteiger partial charge in [0.15, 0.2) is 0 Å². The average Bonchev–Trinajstić information content (AvgIpc) is 2.65. The number of carbonyl (C=O) groups excluding carboxylic acids is 1. The summed E-state index contributed by atoms with van der Waals surface area (Å²) in [5.74, 6) is -0.514. The summed E-state index contributed by atoms with van der Waals surface area (Å²) in [7, 11) is 0. The third-order valence-electron chi connectivity index (χ3n) is 3.78. The third-order valence-corrected chi connectivity index (χ3v) is 4.03. The van der Waals surface area contributed by atoms with E-state index in [4.69, 9.17) is 11.6 Å². The van der Waals surface area contributed by atoms with Gasteiger partial charge in [-0.3, -0.25) is 9.59 Å². The molecule has 0 aliphatic heterocycles. The van der Waals surface area contributed by atoms with Crippen LogP contribution in [0.5, 0.6) is 5.75 Å². The molecule has 2 aromatic carbocycles. The van der Waals surface area contributed by atoms with E-state index in [1.54, 1.807) is 36.5 Å². The quantitative estimate of drug-likeness (QED) is 0.526. The fourth-order valence-electron chi connectivity index (χ4n) is 2.45. The van der Waals surface area contributed by atoms with Gasteiger partial charge >= 0.3 is 0 Å². The number of aromatic nitrogens is 1. The van der Waals surface area contributed by atoms with Gasteiger partial charge in [0.1, 0.15) is 11.3 Å². The molecule has 0 bridgehead atoms. The van der Waals surface area contributed by atoms with Crippen LogP contribution < -0.4 is 11.0 Å². The number of phenolic OH excluding ortho intramolecular Hbond substituents is 1. The van der Waals surface area contributed by atoms with E-state index in [-0.39, 0.29) is 11.3 Å². The normalized spacial score (nSPS) is 10.9. The van der Waals surface area contributed by atoms with Crippen LogP contribution in [0.15, 0.2) is 76.8 Å². The molecule has 27 heavy (non-hydrogen) atoms. The molecule has 1 amide bonds. The van der Waals surface area contributed by atoms with Gasteiger partial charge in [-0.25, -0.2) is 5.43 Å². The molecule has 136 valence electrons. The van der Waals surface area contributed by atoms with E-state index in [1.807, 2.05) is 12.1 Å². The molecular formula is C20H16ClN3O3. The molecule has 0 atom stereocenters. The van der Waals surface area contributed by atoms with Crippen molar-refractivity contribution in [2.24, 2.45) is 5.10 Å². The summed E-state index contributed by atoms with van der Waals surface area (Å²) in [4.78, 5) is 24.8. The topological polar surface area (TPSA) is 83.7 Å². The number of phenols is 1. The summed E-state index contributed by atoms with van der Waals surface area (Å²) in [5, 5.41) is 13.8. The SMILES string of the molecule is O=C(N/N=C\c1cccc(O)c1)c1cccn(Cc2ccc(Cl)cc2)c1=O. The summed E-state index contributed by atoms with van der Waals surface area (Å²) < 4.78 is 1.44. The lowest BCUT2D eigenvalue weighted by atomic mass is 10.2. The highest BCUT2D eigenvalue weighted by atomic mass is 35.5. The molecule has 3 aromatic rings. The van der Waals surface area contributed by atoms with Crippen LogP contribution in [0.2, 0.25) is 5.02 Å². The summed E-state index contributed by atoms with van der Waals surface area (Å²) in [6.45, 7) is 0.323. The molecule has 0 aliphatic carbocycles. The van der Waals surface area contributed by atoms with Gasteiger partial charge in [0.2, 0.25) is 0 Å². The second-order valence-corrected chi connectivity index (χ2v) is 6.21. The van der Waals surface area contributed by atoms with Crippen LogP contribution in [-0.2, 0) is 6.54 Å². The van der Waals surface area contributed by atoms with Gasteiger partial charge in [0.25, 0.3) is 11.5 Å². The molecule has 7 heteroatoms. The second kappa shape index (κ2) is 8.33. The summed E-state index contributed by atoms with van der Waals surface area (Å²) in [5.41, 5.74) is 3.40. The standard InChI is InChI=1S/C20H16ClN3O3/c21-16-8-6-14(7-9-16)13-24-10-2-5-18(20(24)27)19(26)23-22-12-15-3-1-4-17(25)11-15/h1-12,25H,13H2,(H,23,26)/b22-12-. The maximum atomic E-state index is 12.6. The predicted octanol–water partition coefficient (Wildman–Crippen LogP) is 3.02. The molecule has 0 spiro atoms. The first-order valence-electron chi connectivity index (χ1n) is 8.09. The Morgan fingerprint density at radius 3 is 2.67 bits per heavy atom.